The lowest BCUT2D eigenvalue weighted by Gasteiger charge is -2.22. The first-order chi connectivity index (χ1) is 7.88. The second-order valence-electron chi connectivity index (χ2n) is 5.61. The molecule has 0 aliphatic heterocycles. The molecule has 2 heteroatoms. The molecule has 0 radical (unpaired) electrons. The third-order valence-electron chi connectivity index (χ3n) is 4.43. The first kappa shape index (κ1) is 12.4. The average Bonchev–Trinajstić information content (AvgIpc) is 2.78. The van der Waals surface area contributed by atoms with Gasteiger partial charge in [0.15, 0.2) is 0 Å². The minimum absolute atomic E-state index is 0.521. The van der Waals surface area contributed by atoms with Crippen LogP contribution in [0.1, 0.15) is 57.8 Å². The highest BCUT2D eigenvalue weighted by atomic mass is 16.5. The number of nitrogens with one attached hydrogen (secondary N) is 1. The van der Waals surface area contributed by atoms with Gasteiger partial charge < -0.3 is 10.1 Å². The van der Waals surface area contributed by atoms with E-state index < -0.39 is 0 Å². The smallest absolute Gasteiger partial charge is 0.0586 e. The summed E-state index contributed by atoms with van der Waals surface area (Å²) in [6.07, 6.45) is 13.1. The van der Waals surface area contributed by atoms with E-state index in [1.807, 2.05) is 7.11 Å². The monoisotopic (exact) mass is 225 g/mol. The zero-order valence-electron chi connectivity index (χ0n) is 10.7. The summed E-state index contributed by atoms with van der Waals surface area (Å²) in [5, 5.41) is 3.71. The topological polar surface area (TPSA) is 21.3 Å². The van der Waals surface area contributed by atoms with Crippen molar-refractivity contribution in [2.24, 2.45) is 5.92 Å². The third-order valence-corrected chi connectivity index (χ3v) is 4.43. The molecule has 0 aromatic rings. The van der Waals surface area contributed by atoms with E-state index in [-0.39, 0.29) is 0 Å². The zero-order valence-corrected chi connectivity index (χ0v) is 10.7. The molecular weight excluding hydrogens is 198 g/mol. The van der Waals surface area contributed by atoms with Crippen LogP contribution in [0, 0.1) is 5.92 Å². The molecule has 16 heavy (non-hydrogen) atoms. The van der Waals surface area contributed by atoms with Gasteiger partial charge in [-0.2, -0.15) is 0 Å². The first-order valence-electron chi connectivity index (χ1n) is 7.14. The van der Waals surface area contributed by atoms with Gasteiger partial charge in [0.25, 0.3) is 0 Å². The maximum Gasteiger partial charge on any atom is 0.0586 e. The summed E-state index contributed by atoms with van der Waals surface area (Å²) in [7, 11) is 1.84. The highest BCUT2D eigenvalue weighted by Crippen LogP contribution is 2.26. The fourth-order valence-electron chi connectivity index (χ4n) is 3.31. The Balaban J connectivity index is 1.54. The van der Waals surface area contributed by atoms with Crippen molar-refractivity contribution in [2.45, 2.75) is 69.9 Å². The van der Waals surface area contributed by atoms with E-state index in [0.29, 0.717) is 6.10 Å². The van der Waals surface area contributed by atoms with E-state index >= 15 is 0 Å². The Morgan fingerprint density at radius 1 is 1.06 bits per heavy atom. The van der Waals surface area contributed by atoms with E-state index in [4.69, 9.17) is 4.74 Å². The van der Waals surface area contributed by atoms with Gasteiger partial charge in [-0.1, -0.05) is 32.1 Å². The molecule has 0 amide bonds. The molecule has 2 saturated carbocycles. The van der Waals surface area contributed by atoms with E-state index in [1.165, 1.54) is 64.3 Å². The Bertz CT molecular complexity index is 189. The Morgan fingerprint density at radius 3 is 2.56 bits per heavy atom. The van der Waals surface area contributed by atoms with Crippen molar-refractivity contribution >= 4 is 0 Å². The third kappa shape index (κ3) is 3.74. The van der Waals surface area contributed by atoms with Crippen LogP contribution < -0.4 is 5.32 Å². The molecule has 0 aromatic heterocycles. The van der Waals surface area contributed by atoms with Crippen molar-refractivity contribution in [3.8, 4) is 0 Å². The SMILES string of the molecule is COC1CCC(NCCC2CCCCC2)C1. The van der Waals surface area contributed by atoms with Crippen LogP contribution in [0.3, 0.4) is 0 Å². The molecule has 2 nitrogen and oxygen atoms in total. The molecule has 0 aromatic carbocycles. The number of hydrogen-bond acceptors (Lipinski definition) is 2. The van der Waals surface area contributed by atoms with Gasteiger partial charge in [0.2, 0.25) is 0 Å². The fraction of sp³-hybridized carbons (Fsp3) is 1.00. The lowest BCUT2D eigenvalue weighted by molar-refractivity contribution is 0.107. The summed E-state index contributed by atoms with van der Waals surface area (Å²) in [6.45, 7) is 1.23. The van der Waals surface area contributed by atoms with Gasteiger partial charge in [-0.05, 0) is 38.1 Å². The minimum atomic E-state index is 0.521. The minimum Gasteiger partial charge on any atom is -0.381 e. The van der Waals surface area contributed by atoms with Gasteiger partial charge in [0.05, 0.1) is 6.10 Å². The van der Waals surface area contributed by atoms with Crippen LogP contribution in [-0.4, -0.2) is 25.8 Å². The van der Waals surface area contributed by atoms with Crippen molar-refractivity contribution in [1.29, 1.82) is 0 Å². The number of methoxy groups -OCH3 is 1. The van der Waals surface area contributed by atoms with E-state index in [9.17, 15) is 0 Å². The summed E-state index contributed by atoms with van der Waals surface area (Å²) in [5.74, 6) is 1.01. The molecule has 94 valence electrons. The number of ether oxygens (including phenoxy) is 1. The molecule has 1 N–H and O–H groups in total. The van der Waals surface area contributed by atoms with Crippen LogP contribution in [0.4, 0.5) is 0 Å². The Hall–Kier alpha value is -0.0800. The lowest BCUT2D eigenvalue weighted by atomic mass is 9.87. The molecular formula is C14H27NO. The Kier molecular flexibility index (Phi) is 5.11. The molecule has 0 bridgehead atoms. The first-order valence-corrected chi connectivity index (χ1v) is 7.14. The van der Waals surface area contributed by atoms with Gasteiger partial charge in [-0.3, -0.25) is 0 Å². The summed E-state index contributed by atoms with van der Waals surface area (Å²) in [6, 6.07) is 0.730. The molecule has 2 aliphatic rings. The Morgan fingerprint density at radius 2 is 1.88 bits per heavy atom. The predicted octanol–water partition coefficient (Wildman–Crippen LogP) is 3.11. The predicted molar refractivity (Wildman–Crippen MR) is 67.6 cm³/mol. The average molecular weight is 225 g/mol. The van der Waals surface area contributed by atoms with Gasteiger partial charge in [-0.25, -0.2) is 0 Å². The maximum absolute atomic E-state index is 5.40. The van der Waals surface area contributed by atoms with E-state index in [1.54, 1.807) is 0 Å². The van der Waals surface area contributed by atoms with Crippen LogP contribution in [0.2, 0.25) is 0 Å². The molecule has 2 unspecified atom stereocenters. The van der Waals surface area contributed by atoms with Crippen LogP contribution in [0.15, 0.2) is 0 Å². The van der Waals surface area contributed by atoms with Crippen LogP contribution in [0.5, 0.6) is 0 Å². The van der Waals surface area contributed by atoms with Crippen molar-refractivity contribution in [3.05, 3.63) is 0 Å². The summed E-state index contributed by atoms with van der Waals surface area (Å²) in [4.78, 5) is 0. The quantitative estimate of drug-likeness (QED) is 0.776. The van der Waals surface area contributed by atoms with Crippen molar-refractivity contribution in [3.63, 3.8) is 0 Å². The highest BCUT2D eigenvalue weighted by molar-refractivity contribution is 4.81. The second kappa shape index (κ2) is 6.61. The molecule has 2 fully saturated rings. The van der Waals surface area contributed by atoms with Crippen LogP contribution in [0.25, 0.3) is 0 Å². The second-order valence-corrected chi connectivity index (χ2v) is 5.61. The molecule has 2 aliphatic carbocycles. The highest BCUT2D eigenvalue weighted by Gasteiger charge is 2.23. The fourth-order valence-corrected chi connectivity index (χ4v) is 3.31. The van der Waals surface area contributed by atoms with Gasteiger partial charge >= 0.3 is 0 Å². The van der Waals surface area contributed by atoms with E-state index in [0.717, 1.165) is 12.0 Å². The molecule has 0 saturated heterocycles. The van der Waals surface area contributed by atoms with Gasteiger partial charge in [0, 0.05) is 13.2 Å². The molecule has 2 atom stereocenters. The molecule has 0 heterocycles. The van der Waals surface area contributed by atoms with Crippen LogP contribution in [-0.2, 0) is 4.74 Å². The zero-order chi connectivity index (χ0) is 11.2. The molecule has 0 spiro atoms. The van der Waals surface area contributed by atoms with Crippen molar-refractivity contribution in [1.82, 2.24) is 5.32 Å². The summed E-state index contributed by atoms with van der Waals surface area (Å²) in [5.41, 5.74) is 0. The van der Waals surface area contributed by atoms with Crippen molar-refractivity contribution < 1.29 is 4.74 Å². The normalized spacial score (nSPS) is 32.1. The summed E-state index contributed by atoms with van der Waals surface area (Å²) >= 11 is 0. The lowest BCUT2D eigenvalue weighted by Crippen LogP contribution is -2.29. The summed E-state index contributed by atoms with van der Waals surface area (Å²) < 4.78 is 5.40. The standard InChI is InChI=1S/C14H27NO/c1-16-14-8-7-13(11-14)15-10-9-12-5-3-2-4-6-12/h12-15H,2-11H2,1H3. The van der Waals surface area contributed by atoms with E-state index in [2.05, 4.69) is 5.32 Å². The van der Waals surface area contributed by atoms with Crippen molar-refractivity contribution in [2.75, 3.05) is 13.7 Å². The maximum atomic E-state index is 5.40. The number of hydrogen-bond donors (Lipinski definition) is 1. The van der Waals surface area contributed by atoms with Gasteiger partial charge in [0.1, 0.15) is 0 Å². The number of rotatable bonds is 5. The molecule has 2 rings (SSSR count). The Labute approximate surface area is 100 Å². The van der Waals surface area contributed by atoms with Crippen LogP contribution >= 0.6 is 0 Å². The largest absolute Gasteiger partial charge is 0.381 e. The van der Waals surface area contributed by atoms with Gasteiger partial charge in [-0.15, -0.1) is 0 Å².